The summed E-state index contributed by atoms with van der Waals surface area (Å²) in [6, 6.07) is 1.07. The number of alkyl halides is 3. The van der Waals surface area contributed by atoms with E-state index < -0.39 is 9.76 Å². The Morgan fingerprint density at radius 2 is 2.09 bits per heavy atom. The third-order valence-electron chi connectivity index (χ3n) is 1.17. The highest BCUT2D eigenvalue weighted by Crippen LogP contribution is 2.06. The van der Waals surface area contributed by atoms with Gasteiger partial charge in [0.15, 0.2) is 9.76 Å². The van der Waals surface area contributed by atoms with Gasteiger partial charge in [-0.15, -0.1) is 23.2 Å². The summed E-state index contributed by atoms with van der Waals surface area (Å²) in [5, 5.41) is 0.246. The number of halogens is 3. The van der Waals surface area contributed by atoms with Gasteiger partial charge in [-0.2, -0.15) is 0 Å². The van der Waals surface area contributed by atoms with Gasteiger partial charge in [0.1, 0.15) is 5.56 Å². The maximum absolute atomic E-state index is 5.73. The van der Waals surface area contributed by atoms with Crippen LogP contribution in [0.5, 0.6) is 0 Å². The molecule has 0 saturated carbocycles. The molecular formula is C6H13Cl3OSi. The van der Waals surface area contributed by atoms with Crippen LogP contribution in [0.15, 0.2) is 0 Å². The van der Waals surface area contributed by atoms with Crippen LogP contribution in [0.3, 0.4) is 0 Å². The van der Waals surface area contributed by atoms with Crippen molar-refractivity contribution in [3.63, 3.8) is 0 Å². The van der Waals surface area contributed by atoms with Gasteiger partial charge in [0.05, 0.1) is 5.88 Å². The fourth-order valence-electron chi connectivity index (χ4n) is 0.620. The second-order valence-electron chi connectivity index (χ2n) is 2.36. The number of hydrogen-bond donors (Lipinski definition) is 0. The van der Waals surface area contributed by atoms with Crippen molar-refractivity contribution in [1.82, 2.24) is 0 Å². The second kappa shape index (κ2) is 7.68. The monoisotopic (exact) mass is 234 g/mol. The zero-order valence-corrected chi connectivity index (χ0v) is 10.2. The molecule has 2 atom stereocenters. The first-order chi connectivity index (χ1) is 5.16. The van der Waals surface area contributed by atoms with Crippen LogP contribution in [0.1, 0.15) is 13.3 Å². The van der Waals surface area contributed by atoms with Crippen molar-refractivity contribution in [3.05, 3.63) is 0 Å². The lowest BCUT2D eigenvalue weighted by Gasteiger charge is -2.07. The lowest BCUT2D eigenvalue weighted by Crippen LogP contribution is -2.10. The molecule has 0 heterocycles. The molecule has 0 amide bonds. The van der Waals surface area contributed by atoms with Crippen molar-refractivity contribution in [2.45, 2.75) is 30.3 Å². The Balaban J connectivity index is 3.01. The molecule has 1 nitrogen and oxygen atoms in total. The molecule has 0 N–H and O–H groups in total. The third-order valence-corrected chi connectivity index (χ3v) is 3.65. The van der Waals surface area contributed by atoms with Crippen LogP contribution in [-0.2, 0) is 4.43 Å². The summed E-state index contributed by atoms with van der Waals surface area (Å²) in [6.07, 6.45) is 1.01. The highest BCUT2D eigenvalue weighted by molar-refractivity contribution is 6.32. The predicted molar refractivity (Wildman–Crippen MR) is 54.7 cm³/mol. The fraction of sp³-hybridized carbons (Fsp3) is 1.00. The number of hydrogen-bond acceptors (Lipinski definition) is 1. The topological polar surface area (TPSA) is 9.23 Å². The van der Waals surface area contributed by atoms with Gasteiger partial charge in [-0.1, -0.05) is 11.6 Å². The minimum atomic E-state index is -0.491. The summed E-state index contributed by atoms with van der Waals surface area (Å²) < 4.78 is 5.26. The van der Waals surface area contributed by atoms with Crippen molar-refractivity contribution < 1.29 is 4.43 Å². The zero-order chi connectivity index (χ0) is 8.69. The van der Waals surface area contributed by atoms with Crippen molar-refractivity contribution in [2.24, 2.45) is 0 Å². The van der Waals surface area contributed by atoms with Gasteiger partial charge in [-0.25, -0.2) is 0 Å². The van der Waals surface area contributed by atoms with E-state index in [4.69, 9.17) is 39.2 Å². The van der Waals surface area contributed by atoms with Crippen LogP contribution in [0.25, 0.3) is 0 Å². The molecule has 0 fully saturated rings. The van der Waals surface area contributed by atoms with Gasteiger partial charge in [0.2, 0.25) is 0 Å². The summed E-state index contributed by atoms with van der Waals surface area (Å²) in [5.41, 5.74) is -0.297. The molecule has 0 aliphatic rings. The van der Waals surface area contributed by atoms with E-state index in [2.05, 4.69) is 0 Å². The molecule has 11 heavy (non-hydrogen) atoms. The van der Waals surface area contributed by atoms with Gasteiger partial charge in [-0.05, 0) is 19.4 Å². The molecule has 0 bridgehead atoms. The largest absolute Gasteiger partial charge is 0.407 e. The van der Waals surface area contributed by atoms with E-state index in [1.54, 1.807) is 0 Å². The molecule has 2 unspecified atom stereocenters. The van der Waals surface area contributed by atoms with Gasteiger partial charge in [0.25, 0.3) is 0 Å². The van der Waals surface area contributed by atoms with E-state index >= 15 is 0 Å². The molecule has 0 aliphatic heterocycles. The Morgan fingerprint density at radius 3 is 2.55 bits per heavy atom. The van der Waals surface area contributed by atoms with Crippen LogP contribution in [0.2, 0.25) is 6.04 Å². The molecule has 0 radical (unpaired) electrons. The summed E-state index contributed by atoms with van der Waals surface area (Å²) in [7, 11) is -0.491. The van der Waals surface area contributed by atoms with Crippen LogP contribution < -0.4 is 0 Å². The molecule has 0 saturated heterocycles. The fourth-order valence-corrected chi connectivity index (χ4v) is 2.86. The van der Waals surface area contributed by atoms with Crippen LogP contribution in [0, 0.1) is 0 Å². The Morgan fingerprint density at radius 1 is 1.45 bits per heavy atom. The summed E-state index contributed by atoms with van der Waals surface area (Å²) in [4.78, 5) is 0. The van der Waals surface area contributed by atoms with Crippen molar-refractivity contribution in [1.29, 1.82) is 0 Å². The molecule has 68 valence electrons. The van der Waals surface area contributed by atoms with E-state index in [-0.39, 0.29) is 10.9 Å². The highest BCUT2D eigenvalue weighted by atomic mass is 35.5. The average molecular weight is 236 g/mol. The van der Waals surface area contributed by atoms with E-state index in [9.17, 15) is 0 Å². The normalized spacial score (nSPS) is 17.5. The lowest BCUT2D eigenvalue weighted by atomic mass is 10.4. The molecule has 0 spiro atoms. The van der Waals surface area contributed by atoms with Crippen molar-refractivity contribution in [2.75, 3.05) is 5.88 Å². The van der Waals surface area contributed by atoms with Crippen LogP contribution in [0.4, 0.5) is 0 Å². The molecule has 0 aliphatic carbocycles. The number of rotatable bonds is 6. The zero-order valence-electron chi connectivity index (χ0n) is 6.53. The Labute approximate surface area is 85.3 Å². The minimum absolute atomic E-state index is 0.246. The van der Waals surface area contributed by atoms with Crippen LogP contribution >= 0.6 is 34.8 Å². The second-order valence-corrected chi connectivity index (χ2v) is 5.35. The van der Waals surface area contributed by atoms with Crippen molar-refractivity contribution in [3.8, 4) is 0 Å². The quantitative estimate of drug-likeness (QED) is 0.390. The van der Waals surface area contributed by atoms with Gasteiger partial charge in [0, 0.05) is 5.38 Å². The van der Waals surface area contributed by atoms with Gasteiger partial charge >= 0.3 is 0 Å². The van der Waals surface area contributed by atoms with Crippen molar-refractivity contribution >= 4 is 44.6 Å². The molecule has 0 aromatic carbocycles. The molecule has 0 aromatic rings. The molecular weight excluding hydrogens is 223 g/mol. The minimum Gasteiger partial charge on any atom is -0.407 e. The third kappa shape index (κ3) is 8.96. The first-order valence-electron chi connectivity index (χ1n) is 3.62. The Kier molecular flexibility index (Phi) is 8.41. The van der Waals surface area contributed by atoms with Gasteiger partial charge in [-0.3, -0.25) is 0 Å². The molecule has 5 heteroatoms. The predicted octanol–water partition coefficient (Wildman–Crippen LogP) is 2.33. The van der Waals surface area contributed by atoms with E-state index in [1.807, 2.05) is 6.92 Å². The van der Waals surface area contributed by atoms with E-state index in [0.29, 0.717) is 5.88 Å². The maximum atomic E-state index is 5.73. The first-order valence-corrected chi connectivity index (χ1v) is 6.61. The van der Waals surface area contributed by atoms with Crippen LogP contribution in [-0.4, -0.2) is 26.6 Å². The molecule has 0 rings (SSSR count). The first kappa shape index (κ1) is 12.0. The van der Waals surface area contributed by atoms with E-state index in [0.717, 1.165) is 12.5 Å². The standard InChI is InChI=1S/C6H13Cl3OSi/c1-5(8)2-3-11-10-6(9)4-7/h5-6H,2-4,11H2,1H3. The Bertz CT molecular complexity index is 91.9. The smallest absolute Gasteiger partial charge is 0.163 e. The molecule has 0 aromatic heterocycles. The Hall–Kier alpha value is 1.05. The lowest BCUT2D eigenvalue weighted by molar-refractivity contribution is 0.320. The summed E-state index contributed by atoms with van der Waals surface area (Å²) in [6.45, 7) is 1.98. The van der Waals surface area contributed by atoms with E-state index in [1.165, 1.54) is 0 Å². The summed E-state index contributed by atoms with van der Waals surface area (Å²) in [5.74, 6) is 0.366. The SMILES string of the molecule is CC(Cl)CC[SiH2]OC(Cl)CCl. The van der Waals surface area contributed by atoms with Gasteiger partial charge < -0.3 is 4.43 Å². The highest BCUT2D eigenvalue weighted by Gasteiger charge is 2.02. The summed E-state index contributed by atoms with van der Waals surface area (Å²) >= 11 is 16.8. The average Bonchev–Trinajstić information content (AvgIpc) is 1.97. The maximum Gasteiger partial charge on any atom is 0.163 e.